The van der Waals surface area contributed by atoms with Crippen LogP contribution in [0, 0.1) is 0 Å². The fourth-order valence-electron chi connectivity index (χ4n) is 2.82. The van der Waals surface area contributed by atoms with Gasteiger partial charge in [-0.1, -0.05) is 29.8 Å². The lowest BCUT2D eigenvalue weighted by molar-refractivity contribution is -0.0885. The lowest BCUT2D eigenvalue weighted by Gasteiger charge is -2.33. The average Bonchev–Trinajstić information content (AvgIpc) is 2.60. The SMILES string of the molecule is CS(=O)(=O)CCNC1=NCC(c2ccccc2Cl)=C2C=C(C(F)(F)F)C=CN12. The molecule has 2 heterocycles. The van der Waals surface area contributed by atoms with Crippen molar-refractivity contribution in [1.82, 2.24) is 10.2 Å². The van der Waals surface area contributed by atoms with Crippen LogP contribution in [0.1, 0.15) is 5.56 Å². The molecule has 0 saturated heterocycles. The van der Waals surface area contributed by atoms with Crippen LogP contribution in [0.4, 0.5) is 13.2 Å². The summed E-state index contributed by atoms with van der Waals surface area (Å²) in [7, 11) is -3.19. The molecule has 0 fully saturated rings. The van der Waals surface area contributed by atoms with Gasteiger partial charge in [0.15, 0.2) is 0 Å². The van der Waals surface area contributed by atoms with Crippen molar-refractivity contribution >= 4 is 33.0 Å². The molecule has 0 amide bonds. The first-order valence-electron chi connectivity index (χ1n) is 8.27. The van der Waals surface area contributed by atoms with Crippen molar-refractivity contribution in [1.29, 1.82) is 0 Å². The quantitative estimate of drug-likeness (QED) is 0.794. The second kappa shape index (κ2) is 7.63. The van der Waals surface area contributed by atoms with Crippen LogP contribution in [0.25, 0.3) is 5.57 Å². The molecule has 0 bridgehead atoms. The molecule has 10 heteroatoms. The molecule has 3 rings (SSSR count). The normalized spacial score (nSPS) is 17.2. The van der Waals surface area contributed by atoms with Gasteiger partial charge >= 0.3 is 6.18 Å². The number of hydrogen-bond acceptors (Lipinski definition) is 5. The Morgan fingerprint density at radius 2 is 2.00 bits per heavy atom. The Morgan fingerprint density at radius 1 is 1.29 bits per heavy atom. The Labute approximate surface area is 165 Å². The van der Waals surface area contributed by atoms with E-state index in [0.29, 0.717) is 21.9 Å². The van der Waals surface area contributed by atoms with Crippen LogP contribution in [0.5, 0.6) is 0 Å². The predicted molar refractivity (Wildman–Crippen MR) is 104 cm³/mol. The van der Waals surface area contributed by atoms with Crippen LogP contribution in [0.2, 0.25) is 5.02 Å². The van der Waals surface area contributed by atoms with Crippen LogP contribution in [0.3, 0.4) is 0 Å². The summed E-state index contributed by atoms with van der Waals surface area (Å²) in [6.45, 7) is 0.193. The van der Waals surface area contributed by atoms with Crippen LogP contribution in [-0.2, 0) is 9.84 Å². The molecule has 0 spiro atoms. The minimum atomic E-state index is -4.50. The van der Waals surface area contributed by atoms with Crippen LogP contribution >= 0.6 is 11.6 Å². The number of nitrogens with zero attached hydrogens (tertiary/aromatic N) is 2. The summed E-state index contributed by atoms with van der Waals surface area (Å²) in [5.74, 6) is 0.159. The van der Waals surface area contributed by atoms with Crippen molar-refractivity contribution in [3.8, 4) is 0 Å². The molecule has 2 aliphatic heterocycles. The van der Waals surface area contributed by atoms with Crippen LogP contribution in [0.15, 0.2) is 58.9 Å². The number of nitrogens with one attached hydrogen (secondary N) is 1. The number of hydrogen-bond donors (Lipinski definition) is 1. The third kappa shape index (κ3) is 4.59. The average molecular weight is 432 g/mol. The van der Waals surface area contributed by atoms with E-state index in [1.54, 1.807) is 24.3 Å². The maximum absolute atomic E-state index is 13.2. The molecule has 0 atom stereocenters. The number of aliphatic imine (C=N–C) groups is 1. The van der Waals surface area contributed by atoms with Gasteiger partial charge in [-0.05, 0) is 18.2 Å². The molecule has 2 aliphatic rings. The molecule has 1 N–H and O–H groups in total. The molecular formula is C18H17ClF3N3O2S. The molecule has 0 aliphatic carbocycles. The molecule has 150 valence electrons. The number of allylic oxidation sites excluding steroid dienone is 3. The highest BCUT2D eigenvalue weighted by Crippen LogP contribution is 2.37. The summed E-state index contributed by atoms with van der Waals surface area (Å²) in [5, 5.41) is 3.29. The zero-order chi connectivity index (χ0) is 20.5. The molecule has 1 aromatic rings. The maximum Gasteiger partial charge on any atom is 0.416 e. The maximum atomic E-state index is 13.2. The Kier molecular flexibility index (Phi) is 5.58. The van der Waals surface area contributed by atoms with Gasteiger partial charge in [-0.3, -0.25) is 4.90 Å². The molecule has 1 aromatic carbocycles. The number of rotatable bonds is 4. The van der Waals surface area contributed by atoms with Gasteiger partial charge in [0.1, 0.15) is 9.84 Å². The minimum Gasteiger partial charge on any atom is -0.355 e. The lowest BCUT2D eigenvalue weighted by Crippen LogP contribution is -2.43. The van der Waals surface area contributed by atoms with Gasteiger partial charge in [-0.25, -0.2) is 13.4 Å². The first kappa shape index (κ1) is 20.5. The molecular weight excluding hydrogens is 415 g/mol. The van der Waals surface area contributed by atoms with E-state index in [4.69, 9.17) is 11.6 Å². The summed E-state index contributed by atoms with van der Waals surface area (Å²) < 4.78 is 62.4. The Balaban J connectivity index is 1.99. The number of benzene rings is 1. The van der Waals surface area contributed by atoms with E-state index in [1.807, 2.05) is 0 Å². The van der Waals surface area contributed by atoms with Crippen LogP contribution < -0.4 is 5.32 Å². The summed E-state index contributed by atoms with van der Waals surface area (Å²) in [4.78, 5) is 5.85. The third-order valence-corrected chi connectivity index (χ3v) is 5.44. The molecule has 0 aromatic heterocycles. The lowest BCUT2D eigenvalue weighted by atomic mass is 9.98. The van der Waals surface area contributed by atoms with E-state index in [-0.39, 0.29) is 24.8 Å². The van der Waals surface area contributed by atoms with E-state index < -0.39 is 21.6 Å². The summed E-state index contributed by atoms with van der Waals surface area (Å²) >= 11 is 6.24. The van der Waals surface area contributed by atoms with Crippen molar-refractivity contribution in [2.45, 2.75) is 6.18 Å². The van der Waals surface area contributed by atoms with E-state index in [0.717, 1.165) is 18.4 Å². The van der Waals surface area contributed by atoms with E-state index in [9.17, 15) is 21.6 Å². The largest absolute Gasteiger partial charge is 0.416 e. The molecule has 0 saturated carbocycles. The van der Waals surface area contributed by atoms with Crippen molar-refractivity contribution in [3.63, 3.8) is 0 Å². The zero-order valence-electron chi connectivity index (χ0n) is 14.8. The van der Waals surface area contributed by atoms with Gasteiger partial charge in [-0.2, -0.15) is 13.2 Å². The van der Waals surface area contributed by atoms with Gasteiger partial charge in [0.05, 0.1) is 23.6 Å². The summed E-state index contributed by atoms with van der Waals surface area (Å²) in [6, 6.07) is 6.86. The van der Waals surface area contributed by atoms with Crippen LogP contribution in [-0.4, -0.2) is 50.6 Å². The highest BCUT2D eigenvalue weighted by Gasteiger charge is 2.36. The second-order valence-corrected chi connectivity index (χ2v) is 8.99. The Morgan fingerprint density at radius 3 is 2.64 bits per heavy atom. The Hall–Kier alpha value is -2.26. The fraction of sp³-hybridized carbons (Fsp3) is 0.278. The number of alkyl halides is 3. The van der Waals surface area contributed by atoms with Gasteiger partial charge < -0.3 is 5.32 Å². The number of fused-ring (bicyclic) bond motifs is 1. The molecule has 28 heavy (non-hydrogen) atoms. The smallest absolute Gasteiger partial charge is 0.355 e. The molecule has 0 unspecified atom stereocenters. The third-order valence-electron chi connectivity index (χ3n) is 4.16. The monoisotopic (exact) mass is 431 g/mol. The zero-order valence-corrected chi connectivity index (χ0v) is 16.4. The van der Waals surface area contributed by atoms with Crippen molar-refractivity contribution in [2.75, 3.05) is 25.1 Å². The van der Waals surface area contributed by atoms with E-state index in [1.165, 1.54) is 11.1 Å². The molecule has 5 nitrogen and oxygen atoms in total. The highest BCUT2D eigenvalue weighted by atomic mass is 35.5. The number of guanidine groups is 1. The standard InChI is InChI=1S/C18H17ClF3N3O2S/c1-28(26,27)9-7-23-17-24-11-14(13-4-2-3-5-15(13)19)16-10-12(18(20,21)22)6-8-25(16)17/h2-6,8,10H,7,9,11H2,1H3,(H,23,24). The van der Waals surface area contributed by atoms with E-state index >= 15 is 0 Å². The van der Waals surface area contributed by atoms with Crippen molar-refractivity contribution in [3.05, 3.63) is 64.5 Å². The van der Waals surface area contributed by atoms with Crippen molar-refractivity contribution < 1.29 is 21.6 Å². The minimum absolute atomic E-state index is 0.0898. The fourth-order valence-corrected chi connectivity index (χ4v) is 3.55. The highest BCUT2D eigenvalue weighted by molar-refractivity contribution is 7.90. The number of halogens is 4. The van der Waals surface area contributed by atoms with E-state index in [2.05, 4.69) is 10.3 Å². The van der Waals surface area contributed by atoms with Crippen molar-refractivity contribution in [2.24, 2.45) is 4.99 Å². The summed E-state index contributed by atoms with van der Waals surface area (Å²) in [5.41, 5.74) is 0.641. The Bertz CT molecular complexity index is 1010. The van der Waals surface area contributed by atoms with Gasteiger partial charge in [-0.15, -0.1) is 0 Å². The second-order valence-electron chi connectivity index (χ2n) is 6.32. The summed E-state index contributed by atoms with van der Waals surface area (Å²) in [6.07, 6.45) is -0.129. The number of sulfone groups is 1. The van der Waals surface area contributed by atoms with Gasteiger partial charge in [0.2, 0.25) is 5.96 Å². The first-order chi connectivity index (χ1) is 13.1. The first-order valence-corrected chi connectivity index (χ1v) is 10.7. The predicted octanol–water partition coefficient (Wildman–Crippen LogP) is 3.37. The molecule has 0 radical (unpaired) electrons. The van der Waals surface area contributed by atoms with Gasteiger partial charge in [0, 0.05) is 35.2 Å². The van der Waals surface area contributed by atoms with Gasteiger partial charge in [0.25, 0.3) is 0 Å². The topological polar surface area (TPSA) is 61.8 Å².